The smallest absolute Gasteiger partial charge is 0.413 e. The van der Waals surface area contributed by atoms with Gasteiger partial charge in [0.2, 0.25) is 15.9 Å². The van der Waals surface area contributed by atoms with Gasteiger partial charge in [-0.1, -0.05) is 22.9 Å². The van der Waals surface area contributed by atoms with Crippen molar-refractivity contribution in [2.45, 2.75) is 13.0 Å². The number of anilines is 2. The maximum Gasteiger partial charge on any atom is 0.413 e. The Morgan fingerprint density at radius 1 is 1.28 bits per heavy atom. The number of amides is 1. The van der Waals surface area contributed by atoms with Crippen LogP contribution in [0.3, 0.4) is 0 Å². The highest BCUT2D eigenvalue weighted by Crippen LogP contribution is 2.30. The zero-order valence-electron chi connectivity index (χ0n) is 17.5. The molecule has 1 amide bonds. The Morgan fingerprint density at radius 2 is 2.03 bits per heavy atom. The third-order valence-electron chi connectivity index (χ3n) is 4.15. The van der Waals surface area contributed by atoms with E-state index in [1.54, 1.807) is 26.1 Å². The van der Waals surface area contributed by atoms with Crippen LogP contribution in [0.25, 0.3) is 11.4 Å². The summed E-state index contributed by atoms with van der Waals surface area (Å²) < 4.78 is 37.2. The molecule has 3 rings (SSSR count). The summed E-state index contributed by atoms with van der Waals surface area (Å²) in [6, 6.07) is 6.36. The predicted molar refractivity (Wildman–Crippen MR) is 117 cm³/mol. The molecule has 14 heteroatoms. The van der Waals surface area contributed by atoms with Crippen molar-refractivity contribution in [1.82, 2.24) is 25.0 Å². The molecular formula is C18H20ClN7O5S. The molecule has 3 aromatic heterocycles. The van der Waals surface area contributed by atoms with Crippen molar-refractivity contribution >= 4 is 39.2 Å². The summed E-state index contributed by atoms with van der Waals surface area (Å²) in [7, 11) is -0.616. The van der Waals surface area contributed by atoms with Crippen LogP contribution in [0.2, 0.25) is 5.15 Å². The Bertz CT molecular complexity index is 1250. The van der Waals surface area contributed by atoms with E-state index in [1.807, 2.05) is 0 Å². The van der Waals surface area contributed by atoms with E-state index in [0.29, 0.717) is 5.56 Å². The van der Waals surface area contributed by atoms with E-state index in [4.69, 9.17) is 21.1 Å². The Labute approximate surface area is 189 Å². The van der Waals surface area contributed by atoms with E-state index in [9.17, 15) is 13.2 Å². The number of methoxy groups -OCH3 is 1. The first-order valence-electron chi connectivity index (χ1n) is 9.10. The van der Waals surface area contributed by atoms with Gasteiger partial charge in [0.05, 0.1) is 19.1 Å². The number of rotatable bonds is 7. The van der Waals surface area contributed by atoms with E-state index >= 15 is 0 Å². The number of aromatic nitrogens is 5. The first kappa shape index (κ1) is 23.2. The molecule has 2 N–H and O–H groups in total. The third-order valence-corrected chi connectivity index (χ3v) is 5.06. The molecule has 0 bridgehead atoms. The minimum absolute atomic E-state index is 0.0203. The van der Waals surface area contributed by atoms with Gasteiger partial charge in [-0.25, -0.2) is 27.9 Å². The van der Waals surface area contributed by atoms with Crippen LogP contribution >= 0.6 is 11.6 Å². The monoisotopic (exact) mass is 481 g/mol. The molecule has 0 aliphatic carbocycles. The summed E-state index contributed by atoms with van der Waals surface area (Å²) >= 11 is 6.05. The summed E-state index contributed by atoms with van der Waals surface area (Å²) in [4.78, 5) is 20.7. The van der Waals surface area contributed by atoms with Gasteiger partial charge < -0.3 is 9.47 Å². The third kappa shape index (κ3) is 5.42. The van der Waals surface area contributed by atoms with E-state index < -0.39 is 22.2 Å². The molecule has 0 fully saturated rings. The van der Waals surface area contributed by atoms with Crippen molar-refractivity contribution in [3.63, 3.8) is 0 Å². The average Bonchev–Trinajstić information content (AvgIpc) is 3.07. The SMILES string of the molecule is COc1nc(-c2nnn(C)c2NC(=O)OC(C)c2cccnc2Cl)ccc1NS(C)(=O)=O. The molecule has 32 heavy (non-hydrogen) atoms. The van der Waals surface area contributed by atoms with Crippen molar-refractivity contribution < 1.29 is 22.7 Å². The molecule has 1 atom stereocenters. The topological polar surface area (TPSA) is 150 Å². The van der Waals surface area contributed by atoms with Crippen LogP contribution in [-0.4, -0.2) is 52.8 Å². The highest BCUT2D eigenvalue weighted by atomic mass is 35.5. The fraction of sp³-hybridized carbons (Fsp3) is 0.278. The summed E-state index contributed by atoms with van der Waals surface area (Å²) in [6.45, 7) is 1.66. The number of aryl methyl sites for hydroxylation is 1. The number of ether oxygens (including phenoxy) is 2. The largest absolute Gasteiger partial charge is 0.479 e. The molecule has 0 aliphatic rings. The first-order valence-corrected chi connectivity index (χ1v) is 11.4. The zero-order valence-corrected chi connectivity index (χ0v) is 19.1. The molecule has 0 spiro atoms. The minimum Gasteiger partial charge on any atom is -0.479 e. The number of carbonyl (C=O) groups excluding carboxylic acids is 1. The van der Waals surface area contributed by atoms with Crippen LogP contribution in [0.1, 0.15) is 18.6 Å². The van der Waals surface area contributed by atoms with E-state index in [1.165, 1.54) is 30.1 Å². The predicted octanol–water partition coefficient (Wildman–Crippen LogP) is 2.62. The zero-order chi connectivity index (χ0) is 23.5. The first-order chi connectivity index (χ1) is 15.1. The second-order valence-corrected chi connectivity index (χ2v) is 8.70. The Hall–Kier alpha value is -3.45. The number of nitrogens with one attached hydrogen (secondary N) is 2. The summed E-state index contributed by atoms with van der Waals surface area (Å²) in [6.07, 6.45) is 1.10. The highest BCUT2D eigenvalue weighted by molar-refractivity contribution is 7.92. The lowest BCUT2D eigenvalue weighted by Gasteiger charge is -2.15. The van der Waals surface area contributed by atoms with Crippen LogP contribution in [-0.2, 0) is 21.8 Å². The van der Waals surface area contributed by atoms with Gasteiger partial charge in [0.15, 0.2) is 11.5 Å². The van der Waals surface area contributed by atoms with Crippen molar-refractivity contribution in [1.29, 1.82) is 0 Å². The van der Waals surface area contributed by atoms with Crippen LogP contribution in [0.5, 0.6) is 5.88 Å². The summed E-state index contributed by atoms with van der Waals surface area (Å²) in [5, 5.41) is 10.8. The number of sulfonamides is 1. The van der Waals surface area contributed by atoms with Crippen molar-refractivity contribution in [3.8, 4) is 17.3 Å². The number of halogens is 1. The fourth-order valence-electron chi connectivity index (χ4n) is 2.73. The van der Waals surface area contributed by atoms with Gasteiger partial charge in [-0.2, -0.15) is 0 Å². The molecule has 0 radical (unpaired) electrons. The maximum atomic E-state index is 12.5. The molecule has 0 aromatic carbocycles. The molecule has 3 aromatic rings. The Kier molecular flexibility index (Phi) is 6.79. The van der Waals surface area contributed by atoms with Crippen molar-refractivity contribution in [3.05, 3.63) is 41.2 Å². The Balaban J connectivity index is 1.83. The standard InChI is InChI=1S/C18H20ClN7O5S/c1-10(11-6-5-9-20-15(11)19)31-18(27)22-16-14(23-25-26(16)2)12-7-8-13(17(21-12)30-3)24-32(4,28)29/h5-10,24H,1-4H3,(H,22,27). The molecule has 12 nitrogen and oxygen atoms in total. The second-order valence-electron chi connectivity index (χ2n) is 6.59. The van der Waals surface area contributed by atoms with Crippen molar-refractivity contribution in [2.24, 2.45) is 7.05 Å². The fourth-order valence-corrected chi connectivity index (χ4v) is 3.55. The van der Waals surface area contributed by atoms with Crippen LogP contribution in [0.4, 0.5) is 16.3 Å². The number of hydrogen-bond donors (Lipinski definition) is 2. The minimum atomic E-state index is -3.53. The number of hydrogen-bond acceptors (Lipinski definition) is 9. The maximum absolute atomic E-state index is 12.5. The second kappa shape index (κ2) is 9.36. The molecule has 1 unspecified atom stereocenters. The van der Waals surface area contributed by atoms with E-state index in [-0.39, 0.29) is 33.9 Å². The molecule has 0 saturated heterocycles. The van der Waals surface area contributed by atoms with Crippen LogP contribution < -0.4 is 14.8 Å². The lowest BCUT2D eigenvalue weighted by atomic mass is 10.2. The van der Waals surface area contributed by atoms with Gasteiger partial charge in [0, 0.05) is 18.8 Å². The van der Waals surface area contributed by atoms with Gasteiger partial charge >= 0.3 is 6.09 Å². The summed E-state index contributed by atoms with van der Waals surface area (Å²) in [5.41, 5.74) is 1.21. The number of nitrogens with zero attached hydrogens (tertiary/aromatic N) is 5. The average molecular weight is 482 g/mol. The molecule has 0 aliphatic heterocycles. The van der Waals surface area contributed by atoms with Gasteiger partial charge in [-0.15, -0.1) is 5.10 Å². The molecule has 170 valence electrons. The van der Waals surface area contributed by atoms with Crippen LogP contribution in [0.15, 0.2) is 30.5 Å². The van der Waals surface area contributed by atoms with Gasteiger partial charge in [0.1, 0.15) is 16.9 Å². The lowest BCUT2D eigenvalue weighted by Crippen LogP contribution is -2.18. The quantitative estimate of drug-likeness (QED) is 0.485. The lowest BCUT2D eigenvalue weighted by molar-refractivity contribution is 0.121. The van der Waals surface area contributed by atoms with Gasteiger partial charge in [-0.05, 0) is 25.1 Å². The molecule has 0 saturated carbocycles. The van der Waals surface area contributed by atoms with Gasteiger partial charge in [-0.3, -0.25) is 10.0 Å². The van der Waals surface area contributed by atoms with Crippen molar-refractivity contribution in [2.75, 3.05) is 23.4 Å². The van der Waals surface area contributed by atoms with E-state index in [2.05, 4.69) is 30.3 Å². The Morgan fingerprint density at radius 3 is 2.69 bits per heavy atom. The normalized spacial score (nSPS) is 12.2. The van der Waals surface area contributed by atoms with Gasteiger partial charge in [0.25, 0.3) is 0 Å². The molecular weight excluding hydrogens is 462 g/mol. The summed E-state index contributed by atoms with van der Waals surface area (Å²) in [5.74, 6) is 0.227. The number of pyridine rings is 2. The number of carbonyl (C=O) groups is 1. The van der Waals surface area contributed by atoms with Crippen LogP contribution in [0, 0.1) is 0 Å². The highest BCUT2D eigenvalue weighted by Gasteiger charge is 2.21. The molecule has 3 heterocycles. The van der Waals surface area contributed by atoms with E-state index in [0.717, 1.165) is 6.26 Å².